The number of aromatic nitrogens is 1. The minimum atomic E-state index is -0.890. The molecule has 0 N–H and O–H groups in total. The second-order valence-electron chi connectivity index (χ2n) is 8.23. The van der Waals surface area contributed by atoms with Crippen LogP contribution in [0.3, 0.4) is 0 Å². The quantitative estimate of drug-likeness (QED) is 0.694. The zero-order valence-electron chi connectivity index (χ0n) is 15.5. The lowest BCUT2D eigenvalue weighted by Gasteiger charge is -2.35. The molecule has 1 aliphatic rings. The summed E-state index contributed by atoms with van der Waals surface area (Å²) >= 11 is 0. The Hall–Kier alpha value is -1.45. The van der Waals surface area contributed by atoms with E-state index in [9.17, 15) is 0 Å². The van der Waals surface area contributed by atoms with Crippen molar-refractivity contribution in [3.05, 3.63) is 53.7 Å². The Balaban J connectivity index is 1.70. The molecule has 1 aliphatic heterocycles. The maximum Gasteiger partial charge on any atom is 0.0705 e. The minimum Gasteiger partial charge on any atom is -0.298 e. The van der Waals surface area contributed by atoms with Crippen molar-refractivity contribution >= 4 is 8.07 Å². The average Bonchev–Trinajstić information content (AvgIpc) is 2.57. The first-order chi connectivity index (χ1) is 11.4. The summed E-state index contributed by atoms with van der Waals surface area (Å²) in [4.78, 5) is 7.49. The first-order valence-corrected chi connectivity index (χ1v) is 12.6. The van der Waals surface area contributed by atoms with Crippen LogP contribution in [0.4, 0.5) is 0 Å². The highest BCUT2D eigenvalue weighted by Gasteiger charge is 2.27. The molecule has 3 heteroatoms. The highest BCUT2D eigenvalue weighted by molar-refractivity contribution is 6.77. The third-order valence-electron chi connectivity index (χ3n) is 5.28. The molecular weight excluding hydrogens is 308 g/mol. The van der Waals surface area contributed by atoms with Crippen molar-refractivity contribution in [3.63, 3.8) is 0 Å². The molecule has 0 radical (unpaired) electrons. The zero-order valence-corrected chi connectivity index (χ0v) is 16.5. The summed E-state index contributed by atoms with van der Waals surface area (Å²) in [6.07, 6.45) is 0. The molecule has 2 aromatic rings. The monoisotopic (exact) mass is 338 g/mol. The van der Waals surface area contributed by atoms with Gasteiger partial charge >= 0.3 is 0 Å². The Morgan fingerprint density at radius 3 is 2.29 bits per heavy atom. The van der Waals surface area contributed by atoms with Crippen LogP contribution in [0.5, 0.6) is 0 Å². The number of benzene rings is 1. The first kappa shape index (κ1) is 17.4. The van der Waals surface area contributed by atoms with Gasteiger partial charge in [0, 0.05) is 20.2 Å². The third-order valence-corrected chi connectivity index (χ3v) is 8.43. The highest BCUT2D eigenvalue weighted by atomic mass is 28.3. The van der Waals surface area contributed by atoms with Gasteiger partial charge in [0.15, 0.2) is 0 Å². The Morgan fingerprint density at radius 2 is 1.67 bits per heavy atom. The molecule has 3 rings (SSSR count). The van der Waals surface area contributed by atoms with Crippen LogP contribution in [0.2, 0.25) is 25.2 Å². The fourth-order valence-electron chi connectivity index (χ4n) is 3.31. The second-order valence-corrected chi connectivity index (χ2v) is 13.6. The van der Waals surface area contributed by atoms with Gasteiger partial charge in [-0.15, -0.1) is 0 Å². The molecule has 0 amide bonds. The maximum atomic E-state index is 4.92. The Bertz CT molecular complexity index is 666. The molecule has 1 fully saturated rings. The summed E-state index contributed by atoms with van der Waals surface area (Å²) in [5, 5.41) is 0. The van der Waals surface area contributed by atoms with E-state index < -0.39 is 8.07 Å². The van der Waals surface area contributed by atoms with Gasteiger partial charge in [-0.25, -0.2) is 0 Å². The van der Waals surface area contributed by atoms with Gasteiger partial charge in [0.05, 0.1) is 11.4 Å². The minimum absolute atomic E-state index is 0.574. The third kappa shape index (κ3) is 4.34. The van der Waals surface area contributed by atoms with Crippen LogP contribution in [0, 0.1) is 0 Å². The van der Waals surface area contributed by atoms with E-state index in [-0.39, 0.29) is 0 Å². The zero-order chi connectivity index (χ0) is 17.2. The first-order valence-electron chi connectivity index (χ1n) is 9.22. The van der Waals surface area contributed by atoms with Crippen molar-refractivity contribution in [3.8, 4) is 11.3 Å². The summed E-state index contributed by atoms with van der Waals surface area (Å²) in [5.74, 6) is 0.574. The lowest BCUT2D eigenvalue weighted by Crippen LogP contribution is -2.42. The predicted molar refractivity (Wildman–Crippen MR) is 106 cm³/mol. The molecule has 1 aromatic heterocycles. The molecule has 0 unspecified atom stereocenters. The summed E-state index contributed by atoms with van der Waals surface area (Å²) in [6.45, 7) is 13.0. The van der Waals surface area contributed by atoms with Crippen molar-refractivity contribution in [2.75, 3.05) is 13.1 Å². The summed E-state index contributed by atoms with van der Waals surface area (Å²) in [5.41, 5.74) is 4.89. The number of hydrogen-bond donors (Lipinski definition) is 0. The summed E-state index contributed by atoms with van der Waals surface area (Å²) in [7, 11) is -0.890. The molecular formula is C21H30N2Si. The molecule has 24 heavy (non-hydrogen) atoms. The molecule has 0 saturated carbocycles. The highest BCUT2D eigenvalue weighted by Crippen LogP contribution is 2.24. The van der Waals surface area contributed by atoms with Crippen molar-refractivity contribution in [1.29, 1.82) is 0 Å². The second kappa shape index (κ2) is 7.20. The van der Waals surface area contributed by atoms with E-state index in [1.807, 2.05) is 0 Å². The molecule has 2 nitrogen and oxygen atoms in total. The van der Waals surface area contributed by atoms with E-state index in [1.165, 1.54) is 42.0 Å². The van der Waals surface area contributed by atoms with Crippen LogP contribution < -0.4 is 0 Å². The Kier molecular flexibility index (Phi) is 5.21. The molecule has 128 valence electrons. The van der Waals surface area contributed by atoms with E-state index in [1.54, 1.807) is 0 Å². The van der Waals surface area contributed by atoms with Gasteiger partial charge in [0.1, 0.15) is 0 Å². The lowest BCUT2D eigenvalue weighted by atomic mass is 10.0. The van der Waals surface area contributed by atoms with Crippen molar-refractivity contribution in [2.45, 2.75) is 51.5 Å². The van der Waals surface area contributed by atoms with E-state index in [0.717, 1.165) is 12.2 Å². The standard InChI is InChI=1S/C21H30N2Si/c1-17(2)18-8-10-19(11-9-18)21-7-5-6-20(22-21)16-23-12-14-24(3,4)15-13-23/h5-11,17H,12-16H2,1-4H3. The molecule has 0 spiro atoms. The van der Waals surface area contributed by atoms with Crippen LogP contribution in [0.25, 0.3) is 11.3 Å². The molecule has 1 aromatic carbocycles. The Morgan fingerprint density at radius 1 is 1.00 bits per heavy atom. The normalized spacial score (nSPS) is 18.0. The molecule has 0 aliphatic carbocycles. The molecule has 0 atom stereocenters. The fourth-order valence-corrected chi connectivity index (χ4v) is 5.41. The topological polar surface area (TPSA) is 16.1 Å². The van der Waals surface area contributed by atoms with Gasteiger partial charge in [-0.1, -0.05) is 57.3 Å². The molecule has 0 bridgehead atoms. The van der Waals surface area contributed by atoms with Crippen molar-refractivity contribution in [1.82, 2.24) is 9.88 Å². The van der Waals surface area contributed by atoms with Crippen LogP contribution in [0.1, 0.15) is 31.0 Å². The smallest absolute Gasteiger partial charge is 0.0705 e. The molecule has 2 heterocycles. The fraction of sp³-hybridized carbons (Fsp3) is 0.476. The van der Waals surface area contributed by atoms with E-state index in [4.69, 9.17) is 4.98 Å². The van der Waals surface area contributed by atoms with E-state index in [2.05, 4.69) is 74.3 Å². The Labute approximate surface area is 147 Å². The van der Waals surface area contributed by atoms with Crippen LogP contribution in [-0.2, 0) is 6.54 Å². The summed E-state index contributed by atoms with van der Waals surface area (Å²) in [6, 6.07) is 18.1. The van der Waals surface area contributed by atoms with Crippen molar-refractivity contribution in [2.24, 2.45) is 0 Å². The molecule has 1 saturated heterocycles. The van der Waals surface area contributed by atoms with Gasteiger partial charge in [0.25, 0.3) is 0 Å². The summed E-state index contributed by atoms with van der Waals surface area (Å²) < 4.78 is 0. The maximum absolute atomic E-state index is 4.92. The van der Waals surface area contributed by atoms with E-state index >= 15 is 0 Å². The van der Waals surface area contributed by atoms with Gasteiger partial charge in [0.2, 0.25) is 0 Å². The van der Waals surface area contributed by atoms with Gasteiger partial charge in [-0.05, 0) is 48.8 Å². The average molecular weight is 339 g/mol. The van der Waals surface area contributed by atoms with E-state index in [0.29, 0.717) is 5.92 Å². The largest absolute Gasteiger partial charge is 0.298 e. The van der Waals surface area contributed by atoms with Gasteiger partial charge in [-0.3, -0.25) is 9.88 Å². The number of pyridine rings is 1. The van der Waals surface area contributed by atoms with Crippen molar-refractivity contribution < 1.29 is 0 Å². The van der Waals surface area contributed by atoms with Crippen LogP contribution >= 0.6 is 0 Å². The number of rotatable bonds is 4. The lowest BCUT2D eigenvalue weighted by molar-refractivity contribution is 0.278. The predicted octanol–water partition coefficient (Wildman–Crippen LogP) is 5.40. The van der Waals surface area contributed by atoms with Crippen LogP contribution in [-0.4, -0.2) is 31.0 Å². The van der Waals surface area contributed by atoms with Crippen LogP contribution in [0.15, 0.2) is 42.5 Å². The van der Waals surface area contributed by atoms with Gasteiger partial charge < -0.3 is 0 Å². The SMILES string of the molecule is CC(C)c1ccc(-c2cccc(CN3CC[Si](C)(C)CC3)n2)cc1. The number of nitrogens with zero attached hydrogens (tertiary/aromatic N) is 2. The number of hydrogen-bond acceptors (Lipinski definition) is 2. The van der Waals surface area contributed by atoms with Gasteiger partial charge in [-0.2, -0.15) is 0 Å².